The number of pyridine rings is 1. The molecule has 27 heavy (non-hydrogen) atoms. The molecule has 0 spiro atoms. The van der Waals surface area contributed by atoms with Crippen LogP contribution in [0.3, 0.4) is 0 Å². The third kappa shape index (κ3) is 5.01. The van der Waals surface area contributed by atoms with E-state index in [9.17, 15) is 4.79 Å². The van der Waals surface area contributed by atoms with Crippen molar-refractivity contribution in [2.45, 2.75) is 33.1 Å². The molecule has 1 atom stereocenters. The molecule has 1 unspecified atom stereocenters. The Labute approximate surface area is 160 Å². The van der Waals surface area contributed by atoms with Gasteiger partial charge >= 0.3 is 0 Å². The Morgan fingerprint density at radius 3 is 2.70 bits per heavy atom. The number of hydrogen-bond acceptors (Lipinski definition) is 6. The van der Waals surface area contributed by atoms with E-state index in [1.54, 1.807) is 18.5 Å². The summed E-state index contributed by atoms with van der Waals surface area (Å²) in [6, 6.07) is 5.86. The molecule has 1 N–H and O–H groups in total. The molecule has 144 valence electrons. The van der Waals surface area contributed by atoms with Crippen molar-refractivity contribution in [1.29, 1.82) is 0 Å². The van der Waals surface area contributed by atoms with Crippen LogP contribution in [0.1, 0.15) is 37.6 Å². The Hall–Kier alpha value is -2.54. The van der Waals surface area contributed by atoms with Crippen LogP contribution >= 0.6 is 0 Å². The molecule has 1 aliphatic heterocycles. The van der Waals surface area contributed by atoms with Gasteiger partial charge in [0.1, 0.15) is 0 Å². The molecule has 0 aliphatic carbocycles. The molecule has 1 fully saturated rings. The van der Waals surface area contributed by atoms with Gasteiger partial charge in [-0.3, -0.25) is 14.7 Å². The average molecular weight is 368 g/mol. The quantitative estimate of drug-likeness (QED) is 0.810. The van der Waals surface area contributed by atoms with Gasteiger partial charge in [0.2, 0.25) is 11.9 Å². The molecule has 2 aromatic heterocycles. The number of carbonyl (C=O) groups is 1. The lowest BCUT2D eigenvalue weighted by Gasteiger charge is -2.22. The fourth-order valence-corrected chi connectivity index (χ4v) is 3.55. The SMILES string of the molecule is CCN(CC)C(=O)CN1CCC(c2cc(Nc3ncccn3)cc(C)n2)C1. The minimum atomic E-state index is 0.210. The summed E-state index contributed by atoms with van der Waals surface area (Å²) in [6.07, 6.45) is 4.45. The Morgan fingerprint density at radius 2 is 2.00 bits per heavy atom. The zero-order valence-corrected chi connectivity index (χ0v) is 16.4. The van der Waals surface area contributed by atoms with Crippen LogP contribution in [0.5, 0.6) is 0 Å². The maximum atomic E-state index is 12.4. The summed E-state index contributed by atoms with van der Waals surface area (Å²) in [5.74, 6) is 1.12. The van der Waals surface area contributed by atoms with Crippen LogP contribution in [-0.4, -0.2) is 63.4 Å². The largest absolute Gasteiger partial charge is 0.342 e. The number of rotatable bonds is 7. The molecule has 1 aliphatic rings. The van der Waals surface area contributed by atoms with Crippen LogP contribution in [0.25, 0.3) is 0 Å². The van der Waals surface area contributed by atoms with Crippen molar-refractivity contribution in [3.05, 3.63) is 42.0 Å². The van der Waals surface area contributed by atoms with Crippen molar-refractivity contribution in [2.24, 2.45) is 0 Å². The van der Waals surface area contributed by atoms with Crippen LogP contribution in [0.4, 0.5) is 11.6 Å². The molecule has 7 nitrogen and oxygen atoms in total. The Bertz CT molecular complexity index is 762. The Balaban J connectivity index is 1.66. The minimum Gasteiger partial charge on any atom is -0.342 e. The van der Waals surface area contributed by atoms with Gasteiger partial charge in [-0.15, -0.1) is 0 Å². The standard InChI is InChI=1S/C20H28N6O/c1-4-26(5-2)19(27)14-25-10-7-16(13-25)18-12-17(11-15(3)23-18)24-20-21-8-6-9-22-20/h6,8-9,11-12,16H,4-5,7,10,13-14H2,1-3H3,(H,21,22,23,24). The summed E-state index contributed by atoms with van der Waals surface area (Å²) in [7, 11) is 0. The van der Waals surface area contributed by atoms with E-state index >= 15 is 0 Å². The number of likely N-dealkylation sites (N-methyl/N-ethyl adjacent to an activating group) is 1. The molecule has 0 saturated carbocycles. The first-order valence-corrected chi connectivity index (χ1v) is 9.61. The minimum absolute atomic E-state index is 0.210. The maximum Gasteiger partial charge on any atom is 0.236 e. The van der Waals surface area contributed by atoms with E-state index in [0.717, 1.165) is 49.7 Å². The van der Waals surface area contributed by atoms with Gasteiger partial charge in [0.15, 0.2) is 0 Å². The van der Waals surface area contributed by atoms with Crippen molar-refractivity contribution in [2.75, 3.05) is 38.0 Å². The molecule has 0 aromatic carbocycles. The monoisotopic (exact) mass is 368 g/mol. The van der Waals surface area contributed by atoms with Gasteiger partial charge in [-0.2, -0.15) is 0 Å². The third-order valence-corrected chi connectivity index (χ3v) is 4.96. The summed E-state index contributed by atoms with van der Waals surface area (Å²) >= 11 is 0. The molecule has 1 saturated heterocycles. The van der Waals surface area contributed by atoms with Crippen LogP contribution in [0.15, 0.2) is 30.6 Å². The first kappa shape index (κ1) is 19.2. The lowest BCUT2D eigenvalue weighted by atomic mass is 10.0. The number of anilines is 2. The van der Waals surface area contributed by atoms with E-state index in [4.69, 9.17) is 4.98 Å². The van der Waals surface area contributed by atoms with E-state index < -0.39 is 0 Å². The van der Waals surface area contributed by atoms with Crippen molar-refractivity contribution < 1.29 is 4.79 Å². The van der Waals surface area contributed by atoms with Gasteiger partial charge in [-0.25, -0.2) is 9.97 Å². The maximum absolute atomic E-state index is 12.4. The predicted molar refractivity (Wildman–Crippen MR) is 106 cm³/mol. The van der Waals surface area contributed by atoms with Crippen molar-refractivity contribution in [3.63, 3.8) is 0 Å². The van der Waals surface area contributed by atoms with E-state index in [1.165, 1.54) is 0 Å². The Kier molecular flexibility index (Phi) is 6.34. The first-order valence-electron chi connectivity index (χ1n) is 9.61. The number of likely N-dealkylation sites (tertiary alicyclic amines) is 1. The van der Waals surface area contributed by atoms with E-state index in [1.807, 2.05) is 31.7 Å². The first-order chi connectivity index (χ1) is 13.1. The number of nitrogens with zero attached hydrogens (tertiary/aromatic N) is 5. The van der Waals surface area contributed by atoms with E-state index in [-0.39, 0.29) is 5.91 Å². The van der Waals surface area contributed by atoms with Gasteiger partial charge in [-0.1, -0.05) is 0 Å². The molecule has 3 heterocycles. The van der Waals surface area contributed by atoms with Gasteiger partial charge < -0.3 is 10.2 Å². The predicted octanol–water partition coefficient (Wildman–Crippen LogP) is 2.58. The van der Waals surface area contributed by atoms with Crippen LogP contribution < -0.4 is 5.32 Å². The van der Waals surface area contributed by atoms with Crippen LogP contribution in [0, 0.1) is 6.92 Å². The summed E-state index contributed by atoms with van der Waals surface area (Å²) in [4.78, 5) is 29.7. The second kappa shape index (κ2) is 8.90. The summed E-state index contributed by atoms with van der Waals surface area (Å²) in [5.41, 5.74) is 2.97. The Morgan fingerprint density at radius 1 is 1.26 bits per heavy atom. The normalized spacial score (nSPS) is 17.1. The molecule has 2 aromatic rings. The number of aromatic nitrogens is 3. The van der Waals surface area contributed by atoms with Gasteiger partial charge in [0, 0.05) is 55.0 Å². The smallest absolute Gasteiger partial charge is 0.236 e. The van der Waals surface area contributed by atoms with Gasteiger partial charge in [-0.05, 0) is 51.9 Å². The highest BCUT2D eigenvalue weighted by molar-refractivity contribution is 5.78. The summed E-state index contributed by atoms with van der Waals surface area (Å²) in [5, 5.41) is 3.25. The number of aryl methyl sites for hydroxylation is 1. The topological polar surface area (TPSA) is 74.2 Å². The number of nitrogens with one attached hydrogen (secondary N) is 1. The van der Waals surface area contributed by atoms with Crippen molar-refractivity contribution >= 4 is 17.5 Å². The highest BCUT2D eigenvalue weighted by atomic mass is 16.2. The number of amides is 1. The van der Waals surface area contributed by atoms with Crippen molar-refractivity contribution in [3.8, 4) is 0 Å². The molecule has 0 radical (unpaired) electrons. The molecule has 7 heteroatoms. The van der Waals surface area contributed by atoms with E-state index in [0.29, 0.717) is 18.4 Å². The molecular weight excluding hydrogens is 340 g/mol. The summed E-state index contributed by atoms with van der Waals surface area (Å²) in [6.45, 7) is 9.86. The highest BCUT2D eigenvalue weighted by Crippen LogP contribution is 2.28. The fraction of sp³-hybridized carbons (Fsp3) is 0.500. The van der Waals surface area contributed by atoms with Gasteiger partial charge in [0.05, 0.1) is 6.54 Å². The molecule has 1 amide bonds. The van der Waals surface area contributed by atoms with E-state index in [2.05, 4.69) is 26.3 Å². The zero-order chi connectivity index (χ0) is 19.2. The van der Waals surface area contributed by atoms with Crippen LogP contribution in [-0.2, 0) is 4.79 Å². The molecule has 3 rings (SSSR count). The average Bonchev–Trinajstić information content (AvgIpc) is 3.11. The van der Waals surface area contributed by atoms with Crippen molar-refractivity contribution in [1.82, 2.24) is 24.8 Å². The lowest BCUT2D eigenvalue weighted by molar-refractivity contribution is -0.131. The second-order valence-electron chi connectivity index (χ2n) is 6.91. The van der Waals surface area contributed by atoms with Crippen LogP contribution in [0.2, 0.25) is 0 Å². The molecular formula is C20H28N6O. The zero-order valence-electron chi connectivity index (χ0n) is 16.4. The summed E-state index contributed by atoms with van der Waals surface area (Å²) < 4.78 is 0. The lowest BCUT2D eigenvalue weighted by Crippen LogP contribution is -2.39. The number of carbonyl (C=O) groups excluding carboxylic acids is 1. The number of hydrogen-bond donors (Lipinski definition) is 1. The third-order valence-electron chi connectivity index (χ3n) is 4.96. The molecule has 0 bridgehead atoms. The van der Waals surface area contributed by atoms with Gasteiger partial charge in [0.25, 0.3) is 0 Å². The second-order valence-corrected chi connectivity index (χ2v) is 6.91. The highest BCUT2D eigenvalue weighted by Gasteiger charge is 2.27. The fourth-order valence-electron chi connectivity index (χ4n) is 3.55.